The van der Waals surface area contributed by atoms with Crippen LogP contribution in [-0.2, 0) is 4.79 Å². The summed E-state index contributed by atoms with van der Waals surface area (Å²) in [4.78, 5) is 22.6. The molecule has 0 aliphatic rings. The van der Waals surface area contributed by atoms with E-state index in [1.165, 1.54) is 33.5 Å². The van der Waals surface area contributed by atoms with Crippen LogP contribution in [0.5, 0.6) is 17.2 Å². The van der Waals surface area contributed by atoms with Crippen LogP contribution in [0.1, 0.15) is 11.1 Å². The third kappa shape index (κ3) is 4.75. The lowest BCUT2D eigenvalue weighted by Gasteiger charge is -2.12. The first-order valence-corrected chi connectivity index (χ1v) is 7.93. The second-order valence-electron chi connectivity index (χ2n) is 5.54. The number of benzene rings is 2. The van der Waals surface area contributed by atoms with Crippen LogP contribution in [0.4, 0.5) is 11.4 Å². The molecule has 0 aromatic heterocycles. The minimum atomic E-state index is -0.489. The largest absolute Gasteiger partial charge is 0.493 e. The van der Waals surface area contributed by atoms with Crippen LogP contribution in [0.15, 0.2) is 36.4 Å². The van der Waals surface area contributed by atoms with Gasteiger partial charge >= 0.3 is 0 Å². The Bertz CT molecular complexity index is 867. The molecule has 2 aromatic rings. The zero-order chi connectivity index (χ0) is 20.0. The number of anilines is 1. The van der Waals surface area contributed by atoms with E-state index < -0.39 is 10.8 Å². The number of methoxy groups -OCH3 is 3. The number of amides is 1. The highest BCUT2D eigenvalue weighted by atomic mass is 16.6. The maximum atomic E-state index is 12.1. The molecule has 0 aliphatic heterocycles. The summed E-state index contributed by atoms with van der Waals surface area (Å²) in [7, 11) is 4.51. The maximum Gasteiger partial charge on any atom is 0.274 e. The number of ether oxygens (including phenoxy) is 3. The Kier molecular flexibility index (Phi) is 6.37. The molecule has 2 aromatic carbocycles. The van der Waals surface area contributed by atoms with Gasteiger partial charge in [-0.3, -0.25) is 14.9 Å². The minimum Gasteiger partial charge on any atom is -0.493 e. The maximum absolute atomic E-state index is 12.1. The quantitative estimate of drug-likeness (QED) is 0.453. The Hall–Kier alpha value is -3.55. The highest BCUT2D eigenvalue weighted by Crippen LogP contribution is 2.38. The first kappa shape index (κ1) is 19.8. The second-order valence-corrected chi connectivity index (χ2v) is 5.54. The molecule has 8 heteroatoms. The summed E-state index contributed by atoms with van der Waals surface area (Å²) in [5.41, 5.74) is 1.47. The normalized spacial score (nSPS) is 10.5. The van der Waals surface area contributed by atoms with Crippen LogP contribution in [0, 0.1) is 17.0 Å². The number of rotatable bonds is 7. The van der Waals surface area contributed by atoms with E-state index in [-0.39, 0.29) is 5.69 Å². The van der Waals surface area contributed by atoms with Crippen LogP contribution in [-0.4, -0.2) is 32.2 Å². The van der Waals surface area contributed by atoms with E-state index in [0.29, 0.717) is 34.1 Å². The molecule has 27 heavy (non-hydrogen) atoms. The molecule has 0 radical (unpaired) electrons. The number of aryl methyl sites for hydroxylation is 1. The Morgan fingerprint density at radius 2 is 1.70 bits per heavy atom. The summed E-state index contributed by atoms with van der Waals surface area (Å²) in [6.07, 6.45) is 2.88. The summed E-state index contributed by atoms with van der Waals surface area (Å²) < 4.78 is 15.8. The highest BCUT2D eigenvalue weighted by molar-refractivity contribution is 6.02. The molecular formula is C19H20N2O6. The highest BCUT2D eigenvalue weighted by Gasteiger charge is 2.13. The van der Waals surface area contributed by atoms with E-state index in [4.69, 9.17) is 14.2 Å². The van der Waals surface area contributed by atoms with Crippen molar-refractivity contribution in [2.75, 3.05) is 26.6 Å². The van der Waals surface area contributed by atoms with Gasteiger partial charge in [-0.25, -0.2) is 0 Å². The molecule has 8 nitrogen and oxygen atoms in total. The van der Waals surface area contributed by atoms with Gasteiger partial charge in [-0.05, 0) is 36.8 Å². The molecule has 0 unspecified atom stereocenters. The van der Waals surface area contributed by atoms with Crippen molar-refractivity contribution < 1.29 is 23.9 Å². The van der Waals surface area contributed by atoms with Crippen LogP contribution >= 0.6 is 0 Å². The fourth-order valence-corrected chi connectivity index (χ4v) is 2.44. The molecule has 0 bridgehead atoms. The average molecular weight is 372 g/mol. The zero-order valence-electron chi connectivity index (χ0n) is 15.4. The lowest BCUT2D eigenvalue weighted by Crippen LogP contribution is -2.08. The standard InChI is InChI=1S/C19H20N2O6/c1-12-5-7-14(11-15(12)21(23)24)20-18(22)8-6-13-9-16(25-2)19(27-4)17(10-13)26-3/h5-11H,1-4H3,(H,20,22). The van der Waals surface area contributed by atoms with Gasteiger partial charge in [-0.15, -0.1) is 0 Å². The number of nitrogens with zero attached hydrogens (tertiary/aromatic N) is 1. The number of hydrogen-bond donors (Lipinski definition) is 1. The monoisotopic (exact) mass is 372 g/mol. The van der Waals surface area contributed by atoms with Gasteiger partial charge in [0.05, 0.1) is 26.3 Å². The molecular weight excluding hydrogens is 352 g/mol. The molecule has 0 atom stereocenters. The molecule has 0 heterocycles. The lowest BCUT2D eigenvalue weighted by molar-refractivity contribution is -0.385. The molecule has 0 fully saturated rings. The molecule has 0 saturated carbocycles. The topological polar surface area (TPSA) is 99.9 Å². The smallest absolute Gasteiger partial charge is 0.274 e. The molecule has 0 spiro atoms. The molecule has 0 aliphatic carbocycles. The molecule has 142 valence electrons. The van der Waals surface area contributed by atoms with E-state index in [9.17, 15) is 14.9 Å². The third-order valence-corrected chi connectivity index (χ3v) is 3.79. The second kappa shape index (κ2) is 8.70. The van der Waals surface area contributed by atoms with Crippen molar-refractivity contribution in [1.82, 2.24) is 0 Å². The average Bonchev–Trinajstić information content (AvgIpc) is 2.66. The van der Waals surface area contributed by atoms with Crippen molar-refractivity contribution in [2.24, 2.45) is 0 Å². The van der Waals surface area contributed by atoms with Gasteiger partial charge in [-0.1, -0.05) is 6.07 Å². The van der Waals surface area contributed by atoms with Gasteiger partial charge < -0.3 is 19.5 Å². The van der Waals surface area contributed by atoms with E-state index in [1.807, 2.05) is 0 Å². The zero-order valence-corrected chi connectivity index (χ0v) is 15.4. The Morgan fingerprint density at radius 3 is 2.22 bits per heavy atom. The van der Waals surface area contributed by atoms with Crippen LogP contribution in [0.25, 0.3) is 6.08 Å². The van der Waals surface area contributed by atoms with Crippen LogP contribution < -0.4 is 19.5 Å². The molecule has 1 amide bonds. The predicted molar refractivity (Wildman–Crippen MR) is 102 cm³/mol. The van der Waals surface area contributed by atoms with Gasteiger partial charge in [-0.2, -0.15) is 0 Å². The first-order valence-electron chi connectivity index (χ1n) is 7.93. The molecule has 2 rings (SSSR count). The predicted octanol–water partition coefficient (Wildman–Crippen LogP) is 3.58. The SMILES string of the molecule is COc1cc(C=CC(=O)Nc2ccc(C)c([N+](=O)[O-])c2)cc(OC)c1OC. The van der Waals surface area contributed by atoms with Crippen LogP contribution in [0.3, 0.4) is 0 Å². The van der Waals surface area contributed by atoms with E-state index in [2.05, 4.69) is 5.32 Å². The van der Waals surface area contributed by atoms with E-state index in [1.54, 1.807) is 37.3 Å². The van der Waals surface area contributed by atoms with E-state index >= 15 is 0 Å². The van der Waals surface area contributed by atoms with Crippen molar-refractivity contribution in [3.05, 3.63) is 57.6 Å². The van der Waals surface area contributed by atoms with Crippen molar-refractivity contribution in [3.63, 3.8) is 0 Å². The van der Waals surface area contributed by atoms with Gasteiger partial charge in [0.25, 0.3) is 5.69 Å². The summed E-state index contributed by atoms with van der Waals surface area (Å²) in [5, 5.41) is 13.6. The number of nitro groups is 1. The van der Waals surface area contributed by atoms with Gasteiger partial charge in [0.15, 0.2) is 11.5 Å². The Labute approximate surface area is 156 Å². The van der Waals surface area contributed by atoms with Gasteiger partial charge in [0, 0.05) is 23.4 Å². The minimum absolute atomic E-state index is 0.0543. The first-order chi connectivity index (χ1) is 12.9. The van der Waals surface area contributed by atoms with Crippen molar-refractivity contribution >= 4 is 23.4 Å². The number of nitro benzene ring substituents is 1. The third-order valence-electron chi connectivity index (χ3n) is 3.79. The van der Waals surface area contributed by atoms with Crippen molar-refractivity contribution in [3.8, 4) is 17.2 Å². The van der Waals surface area contributed by atoms with Gasteiger partial charge in [0.1, 0.15) is 0 Å². The van der Waals surface area contributed by atoms with Crippen LogP contribution in [0.2, 0.25) is 0 Å². The lowest BCUT2D eigenvalue weighted by atomic mass is 10.1. The summed E-state index contributed by atoms with van der Waals surface area (Å²) in [6.45, 7) is 1.63. The van der Waals surface area contributed by atoms with Crippen molar-refractivity contribution in [2.45, 2.75) is 6.92 Å². The number of nitrogens with one attached hydrogen (secondary N) is 1. The Balaban J connectivity index is 2.20. The number of carbonyl (C=O) groups is 1. The fourth-order valence-electron chi connectivity index (χ4n) is 2.44. The van der Waals surface area contributed by atoms with Crippen molar-refractivity contribution in [1.29, 1.82) is 0 Å². The molecule has 1 N–H and O–H groups in total. The summed E-state index contributed by atoms with van der Waals surface area (Å²) >= 11 is 0. The summed E-state index contributed by atoms with van der Waals surface area (Å²) in [5.74, 6) is 0.951. The number of hydrogen-bond acceptors (Lipinski definition) is 6. The Morgan fingerprint density at radius 1 is 1.07 bits per heavy atom. The van der Waals surface area contributed by atoms with E-state index in [0.717, 1.165) is 0 Å². The summed E-state index contributed by atoms with van der Waals surface area (Å²) in [6, 6.07) is 7.90. The number of carbonyl (C=O) groups excluding carboxylic acids is 1. The molecule has 0 saturated heterocycles. The van der Waals surface area contributed by atoms with Gasteiger partial charge in [0.2, 0.25) is 11.7 Å². The fraction of sp³-hybridized carbons (Fsp3) is 0.211.